The zero-order valence-electron chi connectivity index (χ0n) is 6.53. The molecule has 1 aromatic rings. The zero-order chi connectivity index (χ0) is 10.9. The van der Waals surface area contributed by atoms with Gasteiger partial charge in [-0.2, -0.15) is 13.2 Å². The van der Waals surface area contributed by atoms with Crippen LogP contribution in [-0.4, -0.2) is 5.24 Å². The minimum Gasteiger partial charge on any atom is -0.276 e. The Kier molecular flexibility index (Phi) is 3.21. The van der Waals surface area contributed by atoms with E-state index in [1.54, 1.807) is 0 Å². The number of rotatable bonds is 1. The SMILES string of the molecule is O=C(Cl)c1ccc(C(F)(F)F)cc1Br. The van der Waals surface area contributed by atoms with Gasteiger partial charge in [-0.3, -0.25) is 4.79 Å². The molecule has 0 aliphatic carbocycles. The van der Waals surface area contributed by atoms with Gasteiger partial charge in [-0.05, 0) is 45.7 Å². The molecule has 14 heavy (non-hydrogen) atoms. The largest absolute Gasteiger partial charge is 0.416 e. The van der Waals surface area contributed by atoms with Crippen LogP contribution < -0.4 is 0 Å². The van der Waals surface area contributed by atoms with E-state index in [2.05, 4.69) is 15.9 Å². The summed E-state index contributed by atoms with van der Waals surface area (Å²) in [4.78, 5) is 10.7. The number of benzene rings is 1. The molecule has 0 heterocycles. The van der Waals surface area contributed by atoms with Crippen molar-refractivity contribution >= 4 is 32.8 Å². The maximum absolute atomic E-state index is 12.2. The van der Waals surface area contributed by atoms with Crippen molar-refractivity contribution < 1.29 is 18.0 Å². The van der Waals surface area contributed by atoms with Gasteiger partial charge in [0.1, 0.15) is 0 Å². The summed E-state index contributed by atoms with van der Waals surface area (Å²) >= 11 is 7.96. The standard InChI is InChI=1S/C8H3BrClF3O/c9-6-3-4(8(11,12)13)1-2-5(6)7(10)14/h1-3H. The molecule has 0 fully saturated rings. The molecule has 1 rings (SSSR count). The molecule has 0 atom stereocenters. The Morgan fingerprint density at radius 3 is 2.29 bits per heavy atom. The van der Waals surface area contributed by atoms with Crippen LogP contribution >= 0.6 is 27.5 Å². The third-order valence-electron chi connectivity index (χ3n) is 1.51. The Balaban J connectivity index is 3.20. The van der Waals surface area contributed by atoms with Crippen molar-refractivity contribution in [2.75, 3.05) is 0 Å². The van der Waals surface area contributed by atoms with Crippen LogP contribution in [0.1, 0.15) is 15.9 Å². The lowest BCUT2D eigenvalue weighted by atomic mass is 10.1. The molecule has 0 saturated carbocycles. The summed E-state index contributed by atoms with van der Waals surface area (Å²) in [7, 11) is 0. The van der Waals surface area contributed by atoms with E-state index in [4.69, 9.17) is 11.6 Å². The monoisotopic (exact) mass is 286 g/mol. The van der Waals surface area contributed by atoms with Gasteiger partial charge in [-0.15, -0.1) is 0 Å². The highest BCUT2D eigenvalue weighted by Crippen LogP contribution is 2.32. The summed E-state index contributed by atoms with van der Waals surface area (Å²) in [6.07, 6.45) is -4.42. The minimum absolute atomic E-state index is 0.0136. The van der Waals surface area contributed by atoms with Crippen LogP contribution in [0.2, 0.25) is 0 Å². The van der Waals surface area contributed by atoms with E-state index in [1.165, 1.54) is 0 Å². The van der Waals surface area contributed by atoms with Crippen molar-refractivity contribution in [3.05, 3.63) is 33.8 Å². The molecule has 0 bridgehead atoms. The third kappa shape index (κ3) is 2.48. The molecular formula is C8H3BrClF3O. The number of alkyl halides is 3. The van der Waals surface area contributed by atoms with Gasteiger partial charge in [0, 0.05) is 10.0 Å². The lowest BCUT2D eigenvalue weighted by Crippen LogP contribution is -2.05. The molecule has 1 aromatic carbocycles. The fourth-order valence-electron chi connectivity index (χ4n) is 0.851. The van der Waals surface area contributed by atoms with E-state index in [0.29, 0.717) is 0 Å². The molecule has 0 aliphatic rings. The average Bonchev–Trinajstić information content (AvgIpc) is 2.01. The van der Waals surface area contributed by atoms with E-state index in [1.807, 2.05) is 0 Å². The zero-order valence-corrected chi connectivity index (χ0v) is 8.87. The molecular weight excluding hydrogens is 284 g/mol. The van der Waals surface area contributed by atoms with Gasteiger partial charge >= 0.3 is 6.18 Å². The summed E-state index contributed by atoms with van der Waals surface area (Å²) in [5, 5.41) is -0.800. The van der Waals surface area contributed by atoms with E-state index in [-0.39, 0.29) is 10.0 Å². The van der Waals surface area contributed by atoms with Crippen molar-refractivity contribution in [2.45, 2.75) is 6.18 Å². The maximum Gasteiger partial charge on any atom is 0.416 e. The van der Waals surface area contributed by atoms with Gasteiger partial charge in [0.25, 0.3) is 5.24 Å². The number of carbonyl (C=O) groups is 1. The molecule has 0 amide bonds. The smallest absolute Gasteiger partial charge is 0.276 e. The molecule has 0 saturated heterocycles. The Bertz CT molecular complexity index is 375. The van der Waals surface area contributed by atoms with E-state index >= 15 is 0 Å². The molecule has 0 N–H and O–H groups in total. The predicted molar refractivity (Wildman–Crippen MR) is 49.3 cm³/mol. The summed E-state index contributed by atoms with van der Waals surface area (Å²) in [5.41, 5.74) is -0.814. The van der Waals surface area contributed by atoms with Crippen LogP contribution in [0.15, 0.2) is 22.7 Å². The summed E-state index contributed by atoms with van der Waals surface area (Å²) in [5.74, 6) is 0. The Morgan fingerprint density at radius 2 is 1.93 bits per heavy atom. The van der Waals surface area contributed by atoms with Crippen LogP contribution in [0.5, 0.6) is 0 Å². The Hall–Kier alpha value is -0.550. The Morgan fingerprint density at radius 1 is 1.36 bits per heavy atom. The van der Waals surface area contributed by atoms with Crippen LogP contribution in [0, 0.1) is 0 Å². The highest BCUT2D eigenvalue weighted by molar-refractivity contribution is 9.10. The van der Waals surface area contributed by atoms with Gasteiger partial charge < -0.3 is 0 Å². The van der Waals surface area contributed by atoms with E-state index in [0.717, 1.165) is 18.2 Å². The maximum atomic E-state index is 12.2. The molecule has 1 nitrogen and oxygen atoms in total. The number of carbonyl (C=O) groups excluding carboxylic acids is 1. The molecule has 0 spiro atoms. The normalized spacial score (nSPS) is 11.5. The molecule has 0 aromatic heterocycles. The fraction of sp³-hybridized carbons (Fsp3) is 0.125. The van der Waals surface area contributed by atoms with Crippen LogP contribution in [0.25, 0.3) is 0 Å². The van der Waals surface area contributed by atoms with E-state index in [9.17, 15) is 18.0 Å². The quantitative estimate of drug-likeness (QED) is 0.717. The van der Waals surface area contributed by atoms with Gasteiger partial charge in [-0.1, -0.05) is 0 Å². The van der Waals surface area contributed by atoms with Gasteiger partial charge in [0.05, 0.1) is 5.56 Å². The minimum atomic E-state index is -4.42. The van der Waals surface area contributed by atoms with Crippen molar-refractivity contribution in [3.63, 3.8) is 0 Å². The summed E-state index contributed by atoms with van der Waals surface area (Å²) in [6, 6.07) is 2.65. The van der Waals surface area contributed by atoms with E-state index < -0.39 is 17.0 Å². The molecule has 0 radical (unpaired) electrons. The predicted octanol–water partition coefficient (Wildman–Crippen LogP) is 3.85. The van der Waals surface area contributed by atoms with Crippen molar-refractivity contribution in [3.8, 4) is 0 Å². The first-order chi connectivity index (χ1) is 6.32. The summed E-state index contributed by atoms with van der Waals surface area (Å²) in [6.45, 7) is 0. The second kappa shape index (κ2) is 3.90. The molecule has 76 valence electrons. The highest BCUT2D eigenvalue weighted by atomic mass is 79.9. The topological polar surface area (TPSA) is 17.1 Å². The number of hydrogen-bond acceptors (Lipinski definition) is 1. The van der Waals surface area contributed by atoms with Crippen LogP contribution in [0.3, 0.4) is 0 Å². The lowest BCUT2D eigenvalue weighted by molar-refractivity contribution is -0.137. The average molecular weight is 287 g/mol. The first-order valence-electron chi connectivity index (χ1n) is 3.39. The first kappa shape index (κ1) is 11.5. The van der Waals surface area contributed by atoms with Gasteiger partial charge in [0.2, 0.25) is 0 Å². The molecule has 0 aliphatic heterocycles. The molecule has 6 heteroatoms. The first-order valence-corrected chi connectivity index (χ1v) is 4.56. The van der Waals surface area contributed by atoms with Gasteiger partial charge in [0.15, 0.2) is 0 Å². The van der Waals surface area contributed by atoms with Crippen molar-refractivity contribution in [1.29, 1.82) is 0 Å². The lowest BCUT2D eigenvalue weighted by Gasteiger charge is -2.07. The third-order valence-corrected chi connectivity index (χ3v) is 2.37. The van der Waals surface area contributed by atoms with Crippen LogP contribution in [0.4, 0.5) is 13.2 Å². The molecule has 0 unspecified atom stereocenters. The Labute approximate surface area is 91.0 Å². The number of hydrogen-bond donors (Lipinski definition) is 0. The summed E-state index contributed by atoms with van der Waals surface area (Å²) < 4.78 is 36.5. The van der Waals surface area contributed by atoms with Crippen LogP contribution in [-0.2, 0) is 6.18 Å². The van der Waals surface area contributed by atoms with Gasteiger partial charge in [-0.25, -0.2) is 0 Å². The second-order valence-electron chi connectivity index (χ2n) is 2.47. The van der Waals surface area contributed by atoms with Crippen molar-refractivity contribution in [2.24, 2.45) is 0 Å². The number of halogens is 5. The fourth-order valence-corrected chi connectivity index (χ4v) is 1.69. The second-order valence-corrected chi connectivity index (χ2v) is 3.66. The van der Waals surface area contributed by atoms with Crippen molar-refractivity contribution in [1.82, 2.24) is 0 Å². The highest BCUT2D eigenvalue weighted by Gasteiger charge is 2.31.